The lowest BCUT2D eigenvalue weighted by molar-refractivity contribution is -0.708. The summed E-state index contributed by atoms with van der Waals surface area (Å²) in [4.78, 5) is 0. The summed E-state index contributed by atoms with van der Waals surface area (Å²) in [6, 6.07) is 5.99. The zero-order valence-electron chi connectivity index (χ0n) is 7.45. The Labute approximate surface area is 97.5 Å². The minimum Gasteiger partial charge on any atom is -1.00 e. The zero-order chi connectivity index (χ0) is 8.97. The standard InChI is InChI=1S/C9H13BrNO.BrH/c1-8-4-2-3-5-11(8)7-9(12)6-10;/h2-5,9,12H,6-7H2,1H3;1H/q+1;/p-1. The topological polar surface area (TPSA) is 24.1 Å². The van der Waals surface area contributed by atoms with Gasteiger partial charge in [0.1, 0.15) is 6.10 Å². The van der Waals surface area contributed by atoms with E-state index in [2.05, 4.69) is 15.9 Å². The Kier molecular flexibility index (Phi) is 6.55. The smallest absolute Gasteiger partial charge is 0.178 e. The van der Waals surface area contributed by atoms with Crippen LogP contribution in [0.4, 0.5) is 0 Å². The number of hydrogen-bond acceptors (Lipinski definition) is 1. The maximum atomic E-state index is 9.37. The molecule has 13 heavy (non-hydrogen) atoms. The number of aliphatic hydroxyl groups excluding tert-OH is 1. The second kappa shape index (κ2) is 6.51. The van der Waals surface area contributed by atoms with Crippen molar-refractivity contribution in [3.63, 3.8) is 0 Å². The van der Waals surface area contributed by atoms with Gasteiger partial charge in [0, 0.05) is 24.4 Å². The van der Waals surface area contributed by atoms with Gasteiger partial charge in [-0.2, -0.15) is 4.57 Å². The number of rotatable bonds is 3. The third kappa shape index (κ3) is 4.20. The molecule has 0 aromatic carbocycles. The van der Waals surface area contributed by atoms with Crippen molar-refractivity contribution in [3.8, 4) is 0 Å². The molecule has 1 atom stereocenters. The zero-order valence-corrected chi connectivity index (χ0v) is 10.6. The van der Waals surface area contributed by atoms with Crippen LogP contribution in [-0.4, -0.2) is 16.5 Å². The van der Waals surface area contributed by atoms with E-state index in [1.54, 1.807) is 0 Å². The van der Waals surface area contributed by atoms with Crippen LogP contribution in [0.25, 0.3) is 0 Å². The molecule has 0 bridgehead atoms. The number of pyridine rings is 1. The van der Waals surface area contributed by atoms with E-state index < -0.39 is 0 Å². The summed E-state index contributed by atoms with van der Waals surface area (Å²) >= 11 is 3.23. The van der Waals surface area contributed by atoms with Gasteiger partial charge < -0.3 is 22.1 Å². The number of nitrogens with zero attached hydrogens (tertiary/aromatic N) is 1. The Balaban J connectivity index is 0.00000144. The van der Waals surface area contributed by atoms with Crippen molar-refractivity contribution < 1.29 is 26.7 Å². The molecule has 1 heterocycles. The lowest BCUT2D eigenvalue weighted by atomic mass is 10.3. The van der Waals surface area contributed by atoms with Gasteiger partial charge in [-0.1, -0.05) is 22.0 Å². The van der Waals surface area contributed by atoms with E-state index in [0.717, 1.165) is 5.69 Å². The highest BCUT2D eigenvalue weighted by molar-refractivity contribution is 9.09. The minimum absolute atomic E-state index is 0. The average Bonchev–Trinajstić information content (AvgIpc) is 2.09. The first kappa shape index (κ1) is 13.1. The van der Waals surface area contributed by atoms with Crippen LogP contribution in [0, 0.1) is 6.92 Å². The third-order valence-electron chi connectivity index (χ3n) is 1.75. The second-order valence-electron chi connectivity index (χ2n) is 2.80. The van der Waals surface area contributed by atoms with Crippen molar-refractivity contribution in [1.29, 1.82) is 0 Å². The molecular weight excluding hydrogens is 298 g/mol. The van der Waals surface area contributed by atoms with Crippen LogP contribution in [0.5, 0.6) is 0 Å². The molecule has 2 nitrogen and oxygen atoms in total. The van der Waals surface area contributed by atoms with Gasteiger partial charge in [0.25, 0.3) is 0 Å². The summed E-state index contributed by atoms with van der Waals surface area (Å²) in [5.74, 6) is 0. The molecule has 1 aromatic rings. The number of aliphatic hydroxyl groups is 1. The molecule has 74 valence electrons. The predicted molar refractivity (Wildman–Crippen MR) is 51.2 cm³/mol. The molecule has 0 radical (unpaired) electrons. The molecule has 1 rings (SSSR count). The Bertz CT molecular complexity index is 255. The summed E-state index contributed by atoms with van der Waals surface area (Å²) in [7, 11) is 0. The molecule has 0 aliphatic rings. The van der Waals surface area contributed by atoms with Crippen LogP contribution in [-0.2, 0) is 6.54 Å². The van der Waals surface area contributed by atoms with Gasteiger partial charge in [0.2, 0.25) is 0 Å². The first-order chi connectivity index (χ1) is 5.74. The molecule has 0 spiro atoms. The third-order valence-corrected chi connectivity index (χ3v) is 2.50. The van der Waals surface area contributed by atoms with Gasteiger partial charge in [-0.15, -0.1) is 0 Å². The number of aryl methyl sites for hydroxylation is 1. The van der Waals surface area contributed by atoms with Gasteiger partial charge in [-0.25, -0.2) is 0 Å². The maximum absolute atomic E-state index is 9.37. The molecule has 0 saturated heterocycles. The summed E-state index contributed by atoms with van der Waals surface area (Å²) in [6.07, 6.45) is 1.66. The lowest BCUT2D eigenvalue weighted by Crippen LogP contribution is -3.00. The monoisotopic (exact) mass is 309 g/mol. The quantitative estimate of drug-likeness (QED) is 0.509. The Morgan fingerprint density at radius 3 is 2.77 bits per heavy atom. The minimum atomic E-state index is -0.309. The van der Waals surface area contributed by atoms with Crippen LogP contribution in [0.3, 0.4) is 0 Å². The maximum Gasteiger partial charge on any atom is 0.178 e. The van der Waals surface area contributed by atoms with E-state index in [4.69, 9.17) is 0 Å². The van der Waals surface area contributed by atoms with Crippen LogP contribution < -0.4 is 21.5 Å². The molecule has 0 fully saturated rings. The lowest BCUT2D eigenvalue weighted by Gasteiger charge is -2.03. The fourth-order valence-corrected chi connectivity index (χ4v) is 1.25. The second-order valence-corrected chi connectivity index (χ2v) is 3.45. The van der Waals surface area contributed by atoms with Crippen LogP contribution in [0.2, 0.25) is 0 Å². The van der Waals surface area contributed by atoms with Crippen molar-refractivity contribution in [2.24, 2.45) is 0 Å². The normalized spacial score (nSPS) is 11.9. The van der Waals surface area contributed by atoms with Crippen molar-refractivity contribution in [2.75, 3.05) is 5.33 Å². The molecule has 0 aliphatic heterocycles. The predicted octanol–water partition coefficient (Wildman–Crippen LogP) is -1.96. The summed E-state index contributed by atoms with van der Waals surface area (Å²) in [5, 5.41) is 9.99. The van der Waals surface area contributed by atoms with Gasteiger partial charge in [0.15, 0.2) is 18.4 Å². The van der Waals surface area contributed by atoms with Gasteiger partial charge in [-0.3, -0.25) is 0 Å². The van der Waals surface area contributed by atoms with E-state index in [1.165, 1.54) is 0 Å². The number of alkyl halides is 1. The van der Waals surface area contributed by atoms with E-state index in [9.17, 15) is 5.11 Å². The SMILES string of the molecule is Cc1cccc[n+]1CC(O)CBr.[Br-]. The summed E-state index contributed by atoms with van der Waals surface area (Å²) in [5.41, 5.74) is 1.16. The first-order valence-corrected chi connectivity index (χ1v) is 5.05. The van der Waals surface area contributed by atoms with Crippen molar-refractivity contribution in [3.05, 3.63) is 30.1 Å². The molecule has 4 heteroatoms. The summed E-state index contributed by atoms with van der Waals surface area (Å²) in [6.45, 7) is 2.68. The largest absolute Gasteiger partial charge is 1.00 e. The van der Waals surface area contributed by atoms with Gasteiger partial charge >= 0.3 is 0 Å². The molecule has 1 unspecified atom stereocenters. The fourth-order valence-electron chi connectivity index (χ4n) is 1.04. The molecule has 0 amide bonds. The Hall–Kier alpha value is 0.0700. The molecular formula is C9H13Br2NO. The number of aromatic nitrogens is 1. The van der Waals surface area contributed by atoms with E-state index in [-0.39, 0.29) is 23.1 Å². The van der Waals surface area contributed by atoms with E-state index in [0.29, 0.717) is 11.9 Å². The van der Waals surface area contributed by atoms with Gasteiger partial charge in [-0.05, 0) is 0 Å². The first-order valence-electron chi connectivity index (χ1n) is 3.93. The highest BCUT2D eigenvalue weighted by atomic mass is 79.9. The Morgan fingerprint density at radius 1 is 1.54 bits per heavy atom. The fraction of sp³-hybridized carbons (Fsp3) is 0.444. The van der Waals surface area contributed by atoms with Crippen LogP contribution >= 0.6 is 15.9 Å². The average molecular weight is 311 g/mol. The highest BCUT2D eigenvalue weighted by Gasteiger charge is 2.10. The van der Waals surface area contributed by atoms with E-state index >= 15 is 0 Å². The molecule has 0 aliphatic carbocycles. The van der Waals surface area contributed by atoms with E-state index in [1.807, 2.05) is 35.9 Å². The van der Waals surface area contributed by atoms with Crippen LogP contribution in [0.1, 0.15) is 5.69 Å². The number of hydrogen-bond donors (Lipinski definition) is 1. The van der Waals surface area contributed by atoms with Crippen molar-refractivity contribution in [1.82, 2.24) is 0 Å². The molecule has 1 N–H and O–H groups in total. The molecule has 1 aromatic heterocycles. The highest BCUT2D eigenvalue weighted by Crippen LogP contribution is 1.93. The summed E-state index contributed by atoms with van der Waals surface area (Å²) < 4.78 is 2.03. The van der Waals surface area contributed by atoms with Crippen molar-refractivity contribution >= 4 is 15.9 Å². The van der Waals surface area contributed by atoms with Gasteiger partial charge in [0.05, 0.1) is 0 Å². The molecule has 0 saturated carbocycles. The van der Waals surface area contributed by atoms with Crippen molar-refractivity contribution in [2.45, 2.75) is 19.6 Å². The number of halogens is 2. The van der Waals surface area contributed by atoms with Crippen LogP contribution in [0.15, 0.2) is 24.4 Å². The Morgan fingerprint density at radius 2 is 2.23 bits per heavy atom.